The molecule has 0 amide bonds. The van der Waals surface area contributed by atoms with Crippen molar-refractivity contribution in [3.8, 4) is 0 Å². The lowest BCUT2D eigenvalue weighted by Crippen LogP contribution is -2.42. The number of hydrogen-bond donors (Lipinski definition) is 1. The lowest BCUT2D eigenvalue weighted by atomic mass is 10.0. The summed E-state index contributed by atoms with van der Waals surface area (Å²) in [6.45, 7) is 1.65. The van der Waals surface area contributed by atoms with E-state index in [2.05, 4.69) is 5.32 Å². The topological polar surface area (TPSA) is 38.3 Å². The summed E-state index contributed by atoms with van der Waals surface area (Å²) in [5, 5.41) is 3.10. The highest BCUT2D eigenvalue weighted by Crippen LogP contribution is 2.29. The van der Waals surface area contributed by atoms with E-state index >= 15 is 0 Å². The van der Waals surface area contributed by atoms with Crippen LogP contribution in [0.3, 0.4) is 0 Å². The molecular weight excluding hydrogens is 259 g/mol. The summed E-state index contributed by atoms with van der Waals surface area (Å²) in [6.07, 6.45) is -4.29. The van der Waals surface area contributed by atoms with E-state index in [0.717, 1.165) is 12.1 Å². The number of alkyl halides is 3. The van der Waals surface area contributed by atoms with Crippen LogP contribution in [0, 0.1) is 0 Å². The summed E-state index contributed by atoms with van der Waals surface area (Å²) in [7, 11) is 0. The monoisotopic (exact) mass is 273 g/mol. The van der Waals surface area contributed by atoms with Gasteiger partial charge in [0.2, 0.25) is 0 Å². The van der Waals surface area contributed by atoms with Crippen molar-refractivity contribution in [2.24, 2.45) is 0 Å². The van der Waals surface area contributed by atoms with Crippen LogP contribution in [0.5, 0.6) is 0 Å². The number of Topliss-reactive ketones (excluding diaryl/α,β-unsaturated/α-hetero) is 1. The first-order valence-corrected chi connectivity index (χ1v) is 5.98. The Morgan fingerprint density at radius 2 is 2.21 bits per heavy atom. The molecule has 1 aromatic rings. The number of nitrogens with one attached hydrogen (secondary N) is 1. The number of hydrogen-bond acceptors (Lipinski definition) is 3. The Labute approximate surface area is 108 Å². The van der Waals surface area contributed by atoms with Gasteiger partial charge in [0.25, 0.3) is 0 Å². The van der Waals surface area contributed by atoms with E-state index in [1.807, 2.05) is 0 Å². The molecule has 1 aromatic carbocycles. The van der Waals surface area contributed by atoms with E-state index in [4.69, 9.17) is 4.74 Å². The molecule has 1 saturated heterocycles. The summed E-state index contributed by atoms with van der Waals surface area (Å²) in [6, 6.07) is 4.38. The van der Waals surface area contributed by atoms with Crippen molar-refractivity contribution in [3.63, 3.8) is 0 Å². The molecule has 0 spiro atoms. The highest BCUT2D eigenvalue weighted by atomic mass is 19.4. The molecule has 0 aliphatic carbocycles. The van der Waals surface area contributed by atoms with E-state index in [9.17, 15) is 18.0 Å². The van der Waals surface area contributed by atoms with Crippen LogP contribution in [0.15, 0.2) is 24.3 Å². The van der Waals surface area contributed by atoms with Gasteiger partial charge in [-0.2, -0.15) is 13.2 Å². The van der Waals surface area contributed by atoms with Crippen LogP contribution in [-0.2, 0) is 10.9 Å². The molecule has 1 fully saturated rings. The van der Waals surface area contributed by atoms with Crippen LogP contribution in [0.1, 0.15) is 22.3 Å². The fourth-order valence-electron chi connectivity index (χ4n) is 1.96. The zero-order chi connectivity index (χ0) is 13.9. The molecule has 1 heterocycles. The van der Waals surface area contributed by atoms with Crippen LogP contribution in [-0.4, -0.2) is 31.6 Å². The van der Waals surface area contributed by atoms with Crippen LogP contribution in [0.25, 0.3) is 0 Å². The van der Waals surface area contributed by atoms with E-state index in [0.29, 0.717) is 19.8 Å². The second-order valence-corrected chi connectivity index (χ2v) is 4.43. The second-order valence-electron chi connectivity index (χ2n) is 4.43. The number of ether oxygens (including phenoxy) is 1. The van der Waals surface area contributed by atoms with Crippen molar-refractivity contribution in [1.29, 1.82) is 0 Å². The Morgan fingerprint density at radius 3 is 2.84 bits per heavy atom. The van der Waals surface area contributed by atoms with Gasteiger partial charge < -0.3 is 10.1 Å². The smallest absolute Gasteiger partial charge is 0.378 e. The molecule has 0 saturated carbocycles. The molecule has 3 nitrogen and oxygen atoms in total. The maximum absolute atomic E-state index is 12.5. The molecule has 104 valence electrons. The Balaban J connectivity index is 2.06. The normalized spacial score (nSPS) is 20.3. The molecule has 0 radical (unpaired) electrons. The standard InChI is InChI=1S/C13H14F3NO2/c14-13(15,16)10-3-1-2-9(6-10)12(18)7-11-8-19-5-4-17-11/h1-3,6,11,17H,4-5,7-8H2. The molecule has 6 heteroatoms. The van der Waals surface area contributed by atoms with Crippen LogP contribution in [0.4, 0.5) is 13.2 Å². The molecular formula is C13H14F3NO2. The van der Waals surface area contributed by atoms with E-state index in [1.165, 1.54) is 12.1 Å². The van der Waals surface area contributed by atoms with Gasteiger partial charge in [-0.15, -0.1) is 0 Å². The molecule has 1 unspecified atom stereocenters. The largest absolute Gasteiger partial charge is 0.416 e. The quantitative estimate of drug-likeness (QED) is 0.859. The SMILES string of the molecule is O=C(CC1COCCN1)c1cccc(C(F)(F)F)c1. The fourth-order valence-corrected chi connectivity index (χ4v) is 1.96. The minimum atomic E-state index is -4.43. The third-order valence-corrected chi connectivity index (χ3v) is 2.94. The van der Waals surface area contributed by atoms with Gasteiger partial charge in [0.1, 0.15) is 0 Å². The molecule has 0 bridgehead atoms. The highest BCUT2D eigenvalue weighted by molar-refractivity contribution is 5.96. The van der Waals surface area contributed by atoms with E-state index < -0.39 is 11.7 Å². The number of carbonyl (C=O) groups is 1. The first-order valence-electron chi connectivity index (χ1n) is 5.98. The molecule has 1 aliphatic heterocycles. The Kier molecular flexibility index (Phi) is 4.21. The maximum Gasteiger partial charge on any atom is 0.416 e. The molecule has 1 atom stereocenters. The van der Waals surface area contributed by atoms with Crippen LogP contribution < -0.4 is 5.32 Å². The summed E-state index contributed by atoms with van der Waals surface area (Å²) < 4.78 is 42.8. The van der Waals surface area contributed by atoms with Crippen LogP contribution in [0.2, 0.25) is 0 Å². The summed E-state index contributed by atoms with van der Waals surface area (Å²) in [5.41, 5.74) is -0.714. The number of benzene rings is 1. The lowest BCUT2D eigenvalue weighted by Gasteiger charge is -2.23. The summed E-state index contributed by atoms with van der Waals surface area (Å²) >= 11 is 0. The molecule has 19 heavy (non-hydrogen) atoms. The minimum Gasteiger partial charge on any atom is -0.378 e. The van der Waals surface area contributed by atoms with Gasteiger partial charge in [0.15, 0.2) is 5.78 Å². The minimum absolute atomic E-state index is 0.0854. The van der Waals surface area contributed by atoms with Crippen molar-refractivity contribution < 1.29 is 22.7 Å². The van der Waals surface area contributed by atoms with Crippen molar-refractivity contribution >= 4 is 5.78 Å². The third-order valence-electron chi connectivity index (χ3n) is 2.94. The first kappa shape index (κ1) is 14.0. The van der Waals surface area contributed by atoms with Crippen molar-refractivity contribution in [2.45, 2.75) is 18.6 Å². The Bertz CT molecular complexity index is 453. The van der Waals surface area contributed by atoms with Gasteiger partial charge in [0.05, 0.1) is 18.8 Å². The number of ketones is 1. The summed E-state index contributed by atoms with van der Waals surface area (Å²) in [4.78, 5) is 11.9. The van der Waals surface area contributed by atoms with E-state index in [1.54, 1.807) is 0 Å². The van der Waals surface area contributed by atoms with Gasteiger partial charge in [-0.05, 0) is 12.1 Å². The average Bonchev–Trinajstić information content (AvgIpc) is 2.39. The third kappa shape index (κ3) is 3.78. The predicted molar refractivity (Wildman–Crippen MR) is 63.0 cm³/mol. The van der Waals surface area contributed by atoms with Crippen molar-refractivity contribution in [3.05, 3.63) is 35.4 Å². The van der Waals surface area contributed by atoms with Gasteiger partial charge in [-0.25, -0.2) is 0 Å². The second kappa shape index (κ2) is 5.71. The van der Waals surface area contributed by atoms with E-state index in [-0.39, 0.29) is 23.8 Å². The lowest BCUT2D eigenvalue weighted by molar-refractivity contribution is -0.137. The average molecular weight is 273 g/mol. The van der Waals surface area contributed by atoms with Gasteiger partial charge in [-0.3, -0.25) is 4.79 Å². The fraction of sp³-hybridized carbons (Fsp3) is 0.462. The maximum atomic E-state index is 12.5. The molecule has 1 N–H and O–H groups in total. The number of rotatable bonds is 3. The number of halogens is 3. The Hall–Kier alpha value is -1.40. The summed E-state index contributed by atoms with van der Waals surface area (Å²) in [5.74, 6) is -0.311. The van der Waals surface area contributed by atoms with Gasteiger partial charge in [-0.1, -0.05) is 12.1 Å². The Morgan fingerprint density at radius 1 is 1.42 bits per heavy atom. The van der Waals surface area contributed by atoms with Gasteiger partial charge >= 0.3 is 6.18 Å². The zero-order valence-electron chi connectivity index (χ0n) is 10.2. The van der Waals surface area contributed by atoms with Crippen LogP contribution >= 0.6 is 0 Å². The number of carbonyl (C=O) groups excluding carboxylic acids is 1. The molecule has 1 aliphatic rings. The molecule has 2 rings (SSSR count). The van der Waals surface area contributed by atoms with Crippen molar-refractivity contribution in [1.82, 2.24) is 5.32 Å². The predicted octanol–water partition coefficient (Wildman–Crippen LogP) is 2.27. The number of morpholine rings is 1. The first-order chi connectivity index (χ1) is 8.97. The zero-order valence-corrected chi connectivity index (χ0v) is 10.2. The highest BCUT2D eigenvalue weighted by Gasteiger charge is 2.31. The molecule has 0 aromatic heterocycles. The van der Waals surface area contributed by atoms with Crippen molar-refractivity contribution in [2.75, 3.05) is 19.8 Å². The van der Waals surface area contributed by atoms with Gasteiger partial charge in [0, 0.05) is 24.6 Å².